The van der Waals surface area contributed by atoms with Crippen molar-refractivity contribution in [3.63, 3.8) is 0 Å². The van der Waals surface area contributed by atoms with Crippen LogP contribution in [0.4, 0.5) is 26.3 Å². The third-order valence-corrected chi connectivity index (χ3v) is 10.6. The summed E-state index contributed by atoms with van der Waals surface area (Å²) in [5.74, 6) is 1.76. The number of halogens is 7. The number of tetrazole rings is 2. The van der Waals surface area contributed by atoms with E-state index in [1.165, 1.54) is 24.3 Å². The number of alkyl halides is 7. The van der Waals surface area contributed by atoms with Crippen LogP contribution in [0.2, 0.25) is 0 Å². The summed E-state index contributed by atoms with van der Waals surface area (Å²) in [6.07, 6.45) is -5.66. The van der Waals surface area contributed by atoms with Crippen molar-refractivity contribution in [1.82, 2.24) is 50.6 Å². The first-order chi connectivity index (χ1) is 30.5. The highest BCUT2D eigenvalue weighted by Crippen LogP contribution is 2.31. The van der Waals surface area contributed by atoms with Gasteiger partial charge in [-0.25, -0.2) is 0 Å². The zero-order valence-corrected chi connectivity index (χ0v) is 35.3. The predicted molar refractivity (Wildman–Crippen MR) is 226 cm³/mol. The fourth-order valence-electron chi connectivity index (χ4n) is 6.94. The number of morpholine rings is 2. The molecule has 0 aliphatic carbocycles. The van der Waals surface area contributed by atoms with Crippen LogP contribution in [0.1, 0.15) is 46.2 Å². The van der Waals surface area contributed by atoms with Gasteiger partial charge in [0.1, 0.15) is 0 Å². The van der Waals surface area contributed by atoms with Crippen LogP contribution in [-0.4, -0.2) is 122 Å². The molecule has 0 spiro atoms. The molecule has 12 nitrogen and oxygen atoms in total. The number of nitrogens with one attached hydrogen (secondary N) is 1. The number of aromatic nitrogens is 8. The Morgan fingerprint density at radius 2 is 1.05 bits per heavy atom. The van der Waals surface area contributed by atoms with E-state index in [-0.39, 0.29) is 0 Å². The first-order valence-electron chi connectivity index (χ1n) is 20.6. The number of hydrogen-bond donors (Lipinski definition) is 1. The second kappa shape index (κ2) is 23.4. The van der Waals surface area contributed by atoms with E-state index in [1.54, 1.807) is 4.80 Å². The van der Waals surface area contributed by atoms with Crippen LogP contribution in [0.25, 0.3) is 22.8 Å². The molecule has 2 aliphatic rings. The molecule has 336 valence electrons. The summed E-state index contributed by atoms with van der Waals surface area (Å²) in [4.78, 5) is 6.36. The molecule has 2 aromatic heterocycles. The zero-order chi connectivity index (χ0) is 44.5. The third-order valence-electron chi connectivity index (χ3n) is 10.3. The van der Waals surface area contributed by atoms with Gasteiger partial charge in [0, 0.05) is 49.7 Å². The summed E-state index contributed by atoms with van der Waals surface area (Å²) in [5, 5.41) is 26.7. The molecule has 2 aliphatic heterocycles. The molecule has 2 saturated heterocycles. The smallest absolute Gasteiger partial charge is 0.379 e. The van der Waals surface area contributed by atoms with Gasteiger partial charge in [0.15, 0.2) is 0 Å². The Kier molecular flexibility index (Phi) is 17.6. The van der Waals surface area contributed by atoms with Gasteiger partial charge in [0.05, 0.1) is 44.1 Å². The van der Waals surface area contributed by atoms with E-state index >= 15 is 0 Å². The summed E-state index contributed by atoms with van der Waals surface area (Å²) in [6.45, 7) is 10.2. The second-order valence-electron chi connectivity index (χ2n) is 14.8. The fraction of sp³-hybridized carbons (Fsp3) is 0.409. The van der Waals surface area contributed by atoms with Gasteiger partial charge in [-0.15, -0.1) is 32.0 Å². The van der Waals surface area contributed by atoms with Crippen LogP contribution >= 0.6 is 11.6 Å². The average Bonchev–Trinajstić information content (AvgIpc) is 4.01. The number of ether oxygens (including phenoxy) is 2. The van der Waals surface area contributed by atoms with Gasteiger partial charge in [-0.1, -0.05) is 72.8 Å². The highest BCUT2D eigenvalue weighted by atomic mass is 35.5. The van der Waals surface area contributed by atoms with E-state index < -0.39 is 23.5 Å². The van der Waals surface area contributed by atoms with E-state index in [1.807, 2.05) is 48.5 Å². The Bertz CT molecular complexity index is 2230. The number of hydrogen-bond acceptors (Lipinski definition) is 10. The molecule has 4 aromatic carbocycles. The standard InChI is InChI=1S/C22H24F3N5O.C15H11F3N4.C7H14ClNO/c23-22(24,25)19-8-6-17(7-9-19)16-18-4-1-2-5-20(18)21-26-28-30(27-21)11-3-10-29-12-14-31-15-13-29;16-15(17,18)12-7-5-10(6-8-12)9-11-3-1-2-4-13(11)14-19-21-22-20-14;8-2-1-3-9-4-6-10-7-5-9/h1-2,4-9H,3,10-16H2;1-8H,9H2,(H,19,20,21,22);1-7H2. The lowest BCUT2D eigenvalue weighted by Crippen LogP contribution is -2.37. The van der Waals surface area contributed by atoms with Crippen molar-refractivity contribution < 1.29 is 35.8 Å². The predicted octanol–water partition coefficient (Wildman–Crippen LogP) is 8.10. The molecule has 0 radical (unpaired) electrons. The summed E-state index contributed by atoms with van der Waals surface area (Å²) in [6, 6.07) is 25.5. The van der Waals surface area contributed by atoms with Crippen molar-refractivity contribution in [2.45, 2.75) is 44.6 Å². The average molecular weight is 899 g/mol. The molecule has 8 rings (SSSR count). The molecule has 2 fully saturated rings. The van der Waals surface area contributed by atoms with E-state index in [4.69, 9.17) is 21.1 Å². The SMILES string of the molecule is ClCCCN1CCOCC1.FC(F)(F)c1ccc(Cc2ccccc2-c2nn[nH]n2)cc1.FC(F)(F)c1ccc(Cc2ccccc2-c2nnn(CCCN3CCOCC3)n2)cc1. The molecule has 0 unspecified atom stereocenters. The lowest BCUT2D eigenvalue weighted by atomic mass is 9.98. The maximum absolute atomic E-state index is 12.8. The van der Waals surface area contributed by atoms with E-state index in [0.717, 1.165) is 142 Å². The number of benzene rings is 4. The molecular weight excluding hydrogens is 850 g/mol. The first-order valence-corrected chi connectivity index (χ1v) is 21.2. The van der Waals surface area contributed by atoms with Crippen molar-refractivity contribution in [1.29, 1.82) is 0 Å². The van der Waals surface area contributed by atoms with Crippen LogP contribution in [0, 0.1) is 0 Å². The van der Waals surface area contributed by atoms with Gasteiger partial charge in [0.25, 0.3) is 0 Å². The molecule has 0 saturated carbocycles. The van der Waals surface area contributed by atoms with Crippen LogP contribution in [-0.2, 0) is 41.2 Å². The van der Waals surface area contributed by atoms with Gasteiger partial charge in [-0.05, 0) is 89.2 Å². The summed E-state index contributed by atoms with van der Waals surface area (Å²) < 4.78 is 86.7. The maximum atomic E-state index is 12.8. The van der Waals surface area contributed by atoms with Gasteiger partial charge in [0.2, 0.25) is 11.6 Å². The minimum atomic E-state index is -4.33. The van der Waals surface area contributed by atoms with E-state index in [2.05, 4.69) is 45.8 Å². The van der Waals surface area contributed by atoms with Gasteiger partial charge in [-0.3, -0.25) is 9.80 Å². The number of rotatable bonds is 13. The monoisotopic (exact) mass is 898 g/mol. The van der Waals surface area contributed by atoms with Crippen molar-refractivity contribution in [2.24, 2.45) is 0 Å². The molecule has 6 aromatic rings. The topological polar surface area (TPSA) is 123 Å². The number of aromatic amines is 1. The normalized spacial score (nSPS) is 15.0. The number of H-pyrrole nitrogens is 1. The third kappa shape index (κ3) is 14.9. The van der Waals surface area contributed by atoms with Crippen LogP contribution in [0.15, 0.2) is 97.1 Å². The molecule has 0 atom stereocenters. The van der Waals surface area contributed by atoms with Crippen LogP contribution in [0.5, 0.6) is 0 Å². The highest BCUT2D eigenvalue weighted by molar-refractivity contribution is 6.17. The van der Waals surface area contributed by atoms with Crippen LogP contribution < -0.4 is 0 Å². The van der Waals surface area contributed by atoms with Crippen molar-refractivity contribution >= 4 is 11.6 Å². The zero-order valence-electron chi connectivity index (χ0n) is 34.5. The molecule has 63 heavy (non-hydrogen) atoms. The first kappa shape index (κ1) is 47.2. The van der Waals surface area contributed by atoms with E-state index in [0.29, 0.717) is 31.0 Å². The van der Waals surface area contributed by atoms with Crippen molar-refractivity contribution in [3.05, 3.63) is 130 Å². The van der Waals surface area contributed by atoms with Gasteiger partial charge >= 0.3 is 12.4 Å². The molecule has 4 heterocycles. The quantitative estimate of drug-likeness (QED) is 0.0900. The molecule has 0 amide bonds. The summed E-state index contributed by atoms with van der Waals surface area (Å²) >= 11 is 5.56. The van der Waals surface area contributed by atoms with E-state index in [9.17, 15) is 26.3 Å². The Balaban J connectivity index is 0.000000178. The van der Waals surface area contributed by atoms with Crippen LogP contribution in [0.3, 0.4) is 0 Å². The van der Waals surface area contributed by atoms with Gasteiger partial charge < -0.3 is 9.47 Å². The molecule has 1 N–H and O–H groups in total. The van der Waals surface area contributed by atoms with Crippen molar-refractivity contribution in [3.8, 4) is 22.8 Å². The Morgan fingerprint density at radius 3 is 1.51 bits per heavy atom. The number of aryl methyl sites for hydroxylation is 1. The Morgan fingerprint density at radius 1 is 0.571 bits per heavy atom. The minimum Gasteiger partial charge on any atom is -0.379 e. The number of nitrogens with zero attached hydrogens (tertiary/aromatic N) is 9. The maximum Gasteiger partial charge on any atom is 0.416 e. The second-order valence-corrected chi connectivity index (χ2v) is 15.2. The summed E-state index contributed by atoms with van der Waals surface area (Å²) in [5.41, 5.74) is 3.77. The molecule has 19 heteroatoms. The Labute approximate surface area is 366 Å². The van der Waals surface area contributed by atoms with Crippen molar-refractivity contribution in [2.75, 3.05) is 71.6 Å². The summed E-state index contributed by atoms with van der Waals surface area (Å²) in [7, 11) is 0. The lowest BCUT2D eigenvalue weighted by Gasteiger charge is -2.26. The molecular formula is C44H49ClF6N10O2. The highest BCUT2D eigenvalue weighted by Gasteiger charge is 2.31. The minimum absolute atomic E-state index is 0.461. The van der Waals surface area contributed by atoms with Gasteiger partial charge in [-0.2, -0.15) is 36.4 Å². The largest absolute Gasteiger partial charge is 0.416 e. The lowest BCUT2D eigenvalue weighted by molar-refractivity contribution is -0.138. The molecule has 0 bridgehead atoms. The fourth-order valence-corrected chi connectivity index (χ4v) is 7.06. The Hall–Kier alpha value is -5.27.